The first-order valence-corrected chi connectivity index (χ1v) is 6.67. The summed E-state index contributed by atoms with van der Waals surface area (Å²) in [5, 5.41) is 12.8. The van der Waals surface area contributed by atoms with E-state index in [0.29, 0.717) is 22.1 Å². The first-order chi connectivity index (χ1) is 10.1. The number of nitrogens with one attached hydrogen (secondary N) is 1. The number of carbonyl (C=O) groups excluding carboxylic acids is 1. The second-order valence-electron chi connectivity index (χ2n) is 4.59. The topological polar surface area (TPSA) is 66.6 Å². The van der Waals surface area contributed by atoms with Crippen molar-refractivity contribution < 1.29 is 9.90 Å². The van der Waals surface area contributed by atoms with Crippen molar-refractivity contribution in [3.8, 4) is 5.75 Å². The number of anilines is 1. The number of hydrogen-bond donors (Lipinski definition) is 2. The van der Waals surface area contributed by atoms with Crippen LogP contribution in [0.1, 0.15) is 16.2 Å². The molecule has 3 aromatic rings. The van der Waals surface area contributed by atoms with Crippen LogP contribution in [0.15, 0.2) is 42.6 Å². The Hall–Kier alpha value is -2.53. The molecule has 0 saturated heterocycles. The second-order valence-corrected chi connectivity index (χ2v) is 5.03. The van der Waals surface area contributed by atoms with Gasteiger partial charge in [0.2, 0.25) is 0 Å². The number of pyridine rings is 1. The maximum absolute atomic E-state index is 12.4. The van der Waals surface area contributed by atoms with Crippen LogP contribution >= 0.6 is 11.6 Å². The molecule has 106 valence electrons. The highest BCUT2D eigenvalue weighted by Gasteiger charge is 2.17. The molecule has 21 heavy (non-hydrogen) atoms. The molecule has 1 amide bonds. The van der Waals surface area contributed by atoms with E-state index in [2.05, 4.69) is 10.3 Å². The number of aromatic hydroxyl groups is 1. The number of halogens is 1. The summed E-state index contributed by atoms with van der Waals surface area (Å²) < 4.78 is 1.70. The number of phenolic OH excluding ortho intramolecular Hbond substituents is 1. The summed E-state index contributed by atoms with van der Waals surface area (Å²) in [6.07, 6.45) is 1.77. The highest BCUT2D eigenvalue weighted by molar-refractivity contribution is 6.31. The van der Waals surface area contributed by atoms with Crippen LogP contribution in [0.2, 0.25) is 5.02 Å². The molecular formula is C15H12ClN3O2. The zero-order valence-corrected chi connectivity index (χ0v) is 11.9. The summed E-state index contributed by atoms with van der Waals surface area (Å²) in [7, 11) is 0. The second kappa shape index (κ2) is 5.10. The third-order valence-electron chi connectivity index (χ3n) is 3.13. The highest BCUT2D eigenvalue weighted by Crippen LogP contribution is 2.27. The molecule has 0 bridgehead atoms. The first kappa shape index (κ1) is 13.5. The van der Waals surface area contributed by atoms with E-state index in [-0.39, 0.29) is 17.3 Å². The minimum atomic E-state index is -0.358. The van der Waals surface area contributed by atoms with Crippen molar-refractivity contribution in [3.05, 3.63) is 59.0 Å². The Labute approximate surface area is 125 Å². The molecule has 2 N–H and O–H groups in total. The predicted octanol–water partition coefficient (Wildman–Crippen LogP) is 3.25. The van der Waals surface area contributed by atoms with Gasteiger partial charge in [0, 0.05) is 11.2 Å². The minimum absolute atomic E-state index is 0.0424. The summed E-state index contributed by atoms with van der Waals surface area (Å²) in [6, 6.07) is 9.97. The Kier molecular flexibility index (Phi) is 3.27. The highest BCUT2D eigenvalue weighted by atomic mass is 35.5. The third-order valence-corrected chi connectivity index (χ3v) is 3.36. The lowest BCUT2D eigenvalue weighted by atomic mass is 10.2. The molecule has 1 aromatic carbocycles. The summed E-state index contributed by atoms with van der Waals surface area (Å²) in [5.74, 6) is -0.400. The van der Waals surface area contributed by atoms with E-state index in [9.17, 15) is 9.90 Å². The SMILES string of the molecule is Cc1nc2ccccn2c1C(=O)Nc1cc(Cl)ccc1O. The van der Waals surface area contributed by atoms with Crippen molar-refractivity contribution in [3.63, 3.8) is 0 Å². The van der Waals surface area contributed by atoms with Crippen LogP contribution in [0, 0.1) is 6.92 Å². The number of nitrogens with zero attached hydrogens (tertiary/aromatic N) is 2. The van der Waals surface area contributed by atoms with E-state index in [1.54, 1.807) is 23.6 Å². The standard InChI is InChI=1S/C15H12ClN3O2/c1-9-14(19-7-3-2-4-13(19)17-9)15(21)18-11-8-10(16)5-6-12(11)20/h2-8,20H,1H3,(H,18,21). The molecule has 0 fully saturated rings. The van der Waals surface area contributed by atoms with Gasteiger partial charge in [-0.05, 0) is 37.3 Å². The van der Waals surface area contributed by atoms with Crippen LogP contribution in [0.3, 0.4) is 0 Å². The maximum Gasteiger partial charge on any atom is 0.274 e. The fourth-order valence-electron chi connectivity index (χ4n) is 2.18. The zero-order valence-electron chi connectivity index (χ0n) is 11.2. The Bertz CT molecular complexity index is 842. The molecule has 0 spiro atoms. The summed E-state index contributed by atoms with van der Waals surface area (Å²) in [6.45, 7) is 1.76. The number of fused-ring (bicyclic) bond motifs is 1. The molecule has 0 saturated carbocycles. The molecule has 0 radical (unpaired) electrons. The van der Waals surface area contributed by atoms with Crippen LogP contribution in [0.5, 0.6) is 5.75 Å². The predicted molar refractivity (Wildman–Crippen MR) is 81.0 cm³/mol. The molecule has 0 atom stereocenters. The van der Waals surface area contributed by atoms with Crippen LogP contribution in [-0.4, -0.2) is 20.4 Å². The largest absolute Gasteiger partial charge is 0.506 e. The summed E-state index contributed by atoms with van der Waals surface area (Å²) >= 11 is 5.87. The zero-order chi connectivity index (χ0) is 15.0. The first-order valence-electron chi connectivity index (χ1n) is 6.30. The van der Waals surface area contributed by atoms with Crippen molar-refractivity contribution >= 4 is 28.8 Å². The normalized spacial score (nSPS) is 10.8. The fraction of sp³-hybridized carbons (Fsp3) is 0.0667. The smallest absolute Gasteiger partial charge is 0.274 e. The van der Waals surface area contributed by atoms with Gasteiger partial charge in [-0.25, -0.2) is 4.98 Å². The molecule has 3 rings (SSSR count). The van der Waals surface area contributed by atoms with Gasteiger partial charge in [0.05, 0.1) is 11.4 Å². The minimum Gasteiger partial charge on any atom is -0.506 e. The fourth-order valence-corrected chi connectivity index (χ4v) is 2.35. The summed E-state index contributed by atoms with van der Waals surface area (Å²) in [4.78, 5) is 16.8. The number of benzene rings is 1. The van der Waals surface area contributed by atoms with Gasteiger partial charge in [-0.2, -0.15) is 0 Å². The molecule has 6 heteroatoms. The average molecular weight is 302 g/mol. The van der Waals surface area contributed by atoms with Crippen molar-refractivity contribution in [2.45, 2.75) is 6.92 Å². The number of imidazole rings is 1. The monoisotopic (exact) mass is 301 g/mol. The van der Waals surface area contributed by atoms with Crippen LogP contribution < -0.4 is 5.32 Å². The van der Waals surface area contributed by atoms with Gasteiger partial charge in [0.25, 0.3) is 5.91 Å². The lowest BCUT2D eigenvalue weighted by Crippen LogP contribution is -2.15. The van der Waals surface area contributed by atoms with Gasteiger partial charge < -0.3 is 10.4 Å². The molecule has 0 unspecified atom stereocenters. The molecule has 0 aliphatic heterocycles. The number of phenols is 1. The quantitative estimate of drug-likeness (QED) is 0.714. The van der Waals surface area contributed by atoms with Crippen LogP contribution in [-0.2, 0) is 0 Å². The Morgan fingerprint density at radius 3 is 2.95 bits per heavy atom. The Balaban J connectivity index is 2.01. The van der Waals surface area contributed by atoms with E-state index in [1.807, 2.05) is 18.2 Å². The van der Waals surface area contributed by atoms with Crippen molar-refractivity contribution in [1.82, 2.24) is 9.38 Å². The molecule has 2 heterocycles. The lowest BCUT2D eigenvalue weighted by Gasteiger charge is -2.08. The van der Waals surface area contributed by atoms with E-state index in [4.69, 9.17) is 11.6 Å². The van der Waals surface area contributed by atoms with Crippen molar-refractivity contribution in [2.75, 3.05) is 5.32 Å². The van der Waals surface area contributed by atoms with Gasteiger partial charge in [-0.3, -0.25) is 9.20 Å². The maximum atomic E-state index is 12.4. The molecular weight excluding hydrogens is 290 g/mol. The van der Waals surface area contributed by atoms with Gasteiger partial charge in [0.1, 0.15) is 17.1 Å². The Morgan fingerprint density at radius 2 is 2.14 bits per heavy atom. The van der Waals surface area contributed by atoms with E-state index >= 15 is 0 Å². The van der Waals surface area contributed by atoms with Gasteiger partial charge in [-0.15, -0.1) is 0 Å². The van der Waals surface area contributed by atoms with Crippen LogP contribution in [0.4, 0.5) is 5.69 Å². The molecule has 2 aromatic heterocycles. The van der Waals surface area contributed by atoms with Gasteiger partial charge in [0.15, 0.2) is 0 Å². The molecule has 5 nitrogen and oxygen atoms in total. The van der Waals surface area contributed by atoms with Crippen molar-refractivity contribution in [1.29, 1.82) is 0 Å². The summed E-state index contributed by atoms with van der Waals surface area (Å²) in [5.41, 5.74) is 1.98. The number of rotatable bonds is 2. The van der Waals surface area contributed by atoms with Gasteiger partial charge in [-0.1, -0.05) is 17.7 Å². The Morgan fingerprint density at radius 1 is 1.33 bits per heavy atom. The van der Waals surface area contributed by atoms with E-state index in [0.717, 1.165) is 0 Å². The van der Waals surface area contributed by atoms with E-state index < -0.39 is 0 Å². The van der Waals surface area contributed by atoms with Crippen LogP contribution in [0.25, 0.3) is 5.65 Å². The number of amides is 1. The number of carbonyl (C=O) groups is 1. The molecule has 0 aliphatic rings. The van der Waals surface area contributed by atoms with E-state index in [1.165, 1.54) is 12.1 Å². The third kappa shape index (κ3) is 2.43. The number of hydrogen-bond acceptors (Lipinski definition) is 3. The number of aromatic nitrogens is 2. The number of aryl methyl sites for hydroxylation is 1. The lowest BCUT2D eigenvalue weighted by molar-refractivity contribution is 0.102. The molecule has 0 aliphatic carbocycles. The van der Waals surface area contributed by atoms with Crippen molar-refractivity contribution in [2.24, 2.45) is 0 Å². The average Bonchev–Trinajstić information content (AvgIpc) is 2.78. The van der Waals surface area contributed by atoms with Gasteiger partial charge >= 0.3 is 0 Å².